The summed E-state index contributed by atoms with van der Waals surface area (Å²) in [5.74, 6) is 1.68. The lowest BCUT2D eigenvalue weighted by Gasteiger charge is -2.71. The smallest absolute Gasteiger partial charge is 0.0682 e. The monoisotopic (exact) mass is 564 g/mol. The molecule has 4 saturated carbocycles. The van der Waals surface area contributed by atoms with E-state index >= 15 is 0 Å². The number of hydrogen-bond donors (Lipinski definition) is 5. The Morgan fingerprint density at radius 1 is 0.825 bits per heavy atom. The van der Waals surface area contributed by atoms with Crippen LogP contribution in [0.25, 0.3) is 0 Å². The third kappa shape index (κ3) is 5.14. The number of aliphatic hydroxyl groups excluding tert-OH is 5. The predicted octanol–water partition coefficient (Wildman–Crippen LogP) is 5.90. The molecule has 4 aliphatic rings. The average molecular weight is 565 g/mol. The average Bonchev–Trinajstić information content (AvgIpc) is 2.81. The van der Waals surface area contributed by atoms with Crippen molar-refractivity contribution in [1.82, 2.24) is 0 Å². The Bertz CT molecular complexity index is 874. The quantitative estimate of drug-likeness (QED) is 0.265. The number of rotatable bonds is 7. The summed E-state index contributed by atoms with van der Waals surface area (Å²) in [5, 5.41) is 59.0. The van der Waals surface area contributed by atoms with Gasteiger partial charge in [-0.05, 0) is 91.3 Å². The first-order valence-corrected chi connectivity index (χ1v) is 16.8. The van der Waals surface area contributed by atoms with E-state index in [1.807, 2.05) is 6.92 Å². The summed E-state index contributed by atoms with van der Waals surface area (Å²) in [5.41, 5.74) is -1.44. The van der Waals surface area contributed by atoms with Crippen molar-refractivity contribution in [3.8, 4) is 0 Å². The lowest BCUT2D eigenvalue weighted by molar-refractivity contribution is -0.304. The molecule has 5 nitrogen and oxygen atoms in total. The Morgan fingerprint density at radius 3 is 2.00 bits per heavy atom. The van der Waals surface area contributed by atoms with Gasteiger partial charge in [-0.1, -0.05) is 75.2 Å². The molecular formula is C35H64O5. The molecule has 0 aromatic rings. The van der Waals surface area contributed by atoms with Crippen LogP contribution in [0.5, 0.6) is 0 Å². The fraction of sp³-hybridized carbons (Fsp3) is 1.00. The van der Waals surface area contributed by atoms with Crippen LogP contribution in [0.15, 0.2) is 0 Å². The van der Waals surface area contributed by atoms with Crippen LogP contribution in [0.1, 0.15) is 114 Å². The van der Waals surface area contributed by atoms with Crippen molar-refractivity contribution in [2.75, 3.05) is 0 Å². The summed E-state index contributed by atoms with van der Waals surface area (Å²) >= 11 is 0. The molecule has 4 fully saturated rings. The van der Waals surface area contributed by atoms with E-state index in [2.05, 4.69) is 55.4 Å². The van der Waals surface area contributed by atoms with E-state index in [0.29, 0.717) is 23.7 Å². The van der Waals surface area contributed by atoms with E-state index in [4.69, 9.17) is 0 Å². The highest BCUT2D eigenvalue weighted by molar-refractivity contribution is 5.20. The third-order valence-corrected chi connectivity index (χ3v) is 13.6. The maximum Gasteiger partial charge on any atom is 0.0682 e. The molecule has 5 N–H and O–H groups in total. The maximum atomic E-state index is 12.3. The molecule has 0 bridgehead atoms. The summed E-state index contributed by atoms with van der Waals surface area (Å²) < 4.78 is 0. The van der Waals surface area contributed by atoms with Gasteiger partial charge in [0.2, 0.25) is 0 Å². The normalized spacial score (nSPS) is 52.6. The van der Waals surface area contributed by atoms with E-state index < -0.39 is 41.9 Å². The molecule has 0 saturated heterocycles. The van der Waals surface area contributed by atoms with Gasteiger partial charge in [-0.2, -0.15) is 0 Å². The highest BCUT2D eigenvalue weighted by Crippen LogP contribution is 2.71. The minimum Gasteiger partial charge on any atom is -0.393 e. The Balaban J connectivity index is 1.69. The Morgan fingerprint density at radius 2 is 1.45 bits per heavy atom. The van der Waals surface area contributed by atoms with E-state index in [9.17, 15) is 25.5 Å². The van der Waals surface area contributed by atoms with Gasteiger partial charge in [0.25, 0.3) is 0 Å². The fourth-order valence-corrected chi connectivity index (χ4v) is 11.5. The van der Waals surface area contributed by atoms with Gasteiger partial charge >= 0.3 is 0 Å². The Labute approximate surface area is 245 Å². The molecule has 0 radical (unpaired) electrons. The molecule has 16 atom stereocenters. The molecule has 0 aliphatic heterocycles. The van der Waals surface area contributed by atoms with E-state index in [0.717, 1.165) is 32.1 Å². The number of aliphatic hydroxyl groups is 5. The van der Waals surface area contributed by atoms with Crippen molar-refractivity contribution in [3.05, 3.63) is 0 Å². The molecule has 4 rings (SSSR count). The van der Waals surface area contributed by atoms with Crippen LogP contribution in [0.2, 0.25) is 0 Å². The standard InChI is InChI=1S/C35H64O5/c1-18(2)11-12-20(5)13-23-14-24(19(3)4)25-16-33(8)17-34(9)15-21(6)26(22(7)36)31(39)35(34,10)32(40)28(33)30(38)27(25)29(23)37/h18-32,36-40H,11-17H2,1-10H3/t20?,21?,22?,23?,24?,25?,26?,27?,28?,29?,30?,31?,32?,33-,34+,35-/m0/s1. The Kier molecular flexibility index (Phi) is 9.30. The highest BCUT2D eigenvalue weighted by Gasteiger charge is 2.71. The second kappa shape index (κ2) is 11.4. The van der Waals surface area contributed by atoms with Gasteiger partial charge in [0.1, 0.15) is 0 Å². The molecule has 0 amide bonds. The topological polar surface area (TPSA) is 101 Å². The summed E-state index contributed by atoms with van der Waals surface area (Å²) in [7, 11) is 0. The van der Waals surface area contributed by atoms with Crippen molar-refractivity contribution in [3.63, 3.8) is 0 Å². The van der Waals surface area contributed by atoms with Crippen molar-refractivity contribution >= 4 is 0 Å². The van der Waals surface area contributed by atoms with Crippen LogP contribution in [0.3, 0.4) is 0 Å². The lowest BCUT2D eigenvalue weighted by atomic mass is 9.35. The predicted molar refractivity (Wildman–Crippen MR) is 161 cm³/mol. The number of hydrogen-bond acceptors (Lipinski definition) is 5. The minimum atomic E-state index is -0.911. The van der Waals surface area contributed by atoms with Gasteiger partial charge in [-0.15, -0.1) is 0 Å². The van der Waals surface area contributed by atoms with Crippen molar-refractivity contribution in [2.24, 2.45) is 75.4 Å². The zero-order valence-electron chi connectivity index (χ0n) is 27.3. The lowest BCUT2D eigenvalue weighted by Crippen LogP contribution is -2.73. The van der Waals surface area contributed by atoms with Gasteiger partial charge in [0.05, 0.1) is 30.5 Å². The van der Waals surface area contributed by atoms with Crippen LogP contribution >= 0.6 is 0 Å². The molecule has 40 heavy (non-hydrogen) atoms. The van der Waals surface area contributed by atoms with Gasteiger partial charge in [0.15, 0.2) is 0 Å². The van der Waals surface area contributed by atoms with Crippen molar-refractivity contribution in [2.45, 2.75) is 145 Å². The van der Waals surface area contributed by atoms with E-state index in [1.54, 1.807) is 6.92 Å². The third-order valence-electron chi connectivity index (χ3n) is 13.6. The first-order valence-electron chi connectivity index (χ1n) is 16.8. The van der Waals surface area contributed by atoms with Crippen LogP contribution in [0.4, 0.5) is 0 Å². The molecular weight excluding hydrogens is 500 g/mol. The summed E-state index contributed by atoms with van der Waals surface area (Å²) in [4.78, 5) is 0. The van der Waals surface area contributed by atoms with Gasteiger partial charge in [0, 0.05) is 23.2 Å². The zero-order chi connectivity index (χ0) is 30.1. The Hall–Kier alpha value is -0.200. The van der Waals surface area contributed by atoms with Crippen molar-refractivity contribution < 1.29 is 25.5 Å². The van der Waals surface area contributed by atoms with Crippen molar-refractivity contribution in [1.29, 1.82) is 0 Å². The molecule has 5 heteroatoms. The summed E-state index contributed by atoms with van der Waals surface area (Å²) in [6.07, 6.45) is 3.12. The van der Waals surface area contributed by atoms with E-state index in [-0.39, 0.29) is 40.4 Å². The second-order valence-corrected chi connectivity index (χ2v) is 17.2. The van der Waals surface area contributed by atoms with Crippen LogP contribution < -0.4 is 0 Å². The van der Waals surface area contributed by atoms with Gasteiger partial charge < -0.3 is 25.5 Å². The van der Waals surface area contributed by atoms with Gasteiger partial charge in [-0.3, -0.25) is 0 Å². The molecule has 0 spiro atoms. The minimum absolute atomic E-state index is 0.139. The summed E-state index contributed by atoms with van der Waals surface area (Å²) in [6, 6.07) is 0. The molecule has 0 heterocycles. The van der Waals surface area contributed by atoms with E-state index in [1.165, 1.54) is 12.8 Å². The van der Waals surface area contributed by atoms with Crippen LogP contribution in [0, 0.1) is 75.4 Å². The molecule has 0 aromatic carbocycles. The largest absolute Gasteiger partial charge is 0.393 e. The first-order chi connectivity index (χ1) is 18.4. The second-order valence-electron chi connectivity index (χ2n) is 17.2. The summed E-state index contributed by atoms with van der Waals surface area (Å²) in [6.45, 7) is 21.9. The van der Waals surface area contributed by atoms with Gasteiger partial charge in [-0.25, -0.2) is 0 Å². The zero-order valence-corrected chi connectivity index (χ0v) is 27.3. The maximum absolute atomic E-state index is 12.3. The van der Waals surface area contributed by atoms with Crippen LogP contribution in [-0.2, 0) is 0 Å². The molecule has 4 aliphatic carbocycles. The molecule has 0 aromatic heterocycles. The first kappa shape index (κ1) is 32.7. The molecule has 13 unspecified atom stereocenters. The fourth-order valence-electron chi connectivity index (χ4n) is 11.5. The van der Waals surface area contributed by atoms with Crippen LogP contribution in [-0.4, -0.2) is 56.1 Å². The SMILES string of the molecule is CC(C)CCC(C)CC1CC(C(C)C)C2C[C@@]3(C)C[C@@]4(C)CC(C)C(C(C)O)C(O)[C@@]4(C)C(O)C3C(O)C2C1O. The number of fused-ring (bicyclic) bond motifs is 3. The highest BCUT2D eigenvalue weighted by atomic mass is 16.3. The molecule has 234 valence electrons.